The molecule has 4 heteroatoms. The smallest absolute Gasteiger partial charge is 0.310 e. The molecule has 2 saturated heterocycles. The molecule has 3 amide bonds. The maximum absolute atomic E-state index is 11.7. The number of hydrogen-bond donors (Lipinski definition) is 0. The minimum atomic E-state index is -0.538. The van der Waals surface area contributed by atoms with Crippen LogP contribution in [0.1, 0.15) is 26.2 Å². The molecular formula is C9H14N2O2. The zero-order chi connectivity index (χ0) is 9.64. The van der Waals surface area contributed by atoms with Crippen LogP contribution < -0.4 is 0 Å². The fourth-order valence-electron chi connectivity index (χ4n) is 2.28. The van der Waals surface area contributed by atoms with Gasteiger partial charge >= 0.3 is 6.03 Å². The van der Waals surface area contributed by atoms with Crippen molar-refractivity contribution >= 4 is 11.9 Å². The molecule has 0 aliphatic carbocycles. The predicted octanol–water partition coefficient (Wildman–Crippen LogP) is 0.823. The van der Waals surface area contributed by atoms with Crippen LogP contribution in [-0.4, -0.2) is 40.9 Å². The van der Waals surface area contributed by atoms with Crippen LogP contribution in [-0.2, 0) is 4.79 Å². The van der Waals surface area contributed by atoms with Crippen molar-refractivity contribution in [3.05, 3.63) is 0 Å². The van der Waals surface area contributed by atoms with E-state index in [1.54, 1.807) is 11.9 Å². The quantitative estimate of drug-likeness (QED) is 0.520. The van der Waals surface area contributed by atoms with Crippen molar-refractivity contribution in [1.82, 2.24) is 9.80 Å². The van der Waals surface area contributed by atoms with E-state index >= 15 is 0 Å². The maximum atomic E-state index is 11.7. The number of nitrogens with zero attached hydrogens (tertiary/aromatic N) is 2. The molecule has 0 aromatic heterocycles. The van der Waals surface area contributed by atoms with E-state index in [9.17, 15) is 9.59 Å². The molecule has 0 radical (unpaired) electrons. The van der Waals surface area contributed by atoms with Crippen LogP contribution in [0.2, 0.25) is 0 Å². The summed E-state index contributed by atoms with van der Waals surface area (Å²) in [5, 5.41) is 0. The van der Waals surface area contributed by atoms with E-state index in [4.69, 9.17) is 0 Å². The molecule has 1 atom stereocenters. The Labute approximate surface area is 77.5 Å². The van der Waals surface area contributed by atoms with E-state index in [1.165, 1.54) is 4.90 Å². The fraction of sp³-hybridized carbons (Fsp3) is 0.778. The molecule has 0 saturated carbocycles. The molecule has 2 heterocycles. The monoisotopic (exact) mass is 182 g/mol. The van der Waals surface area contributed by atoms with Crippen molar-refractivity contribution in [3.8, 4) is 0 Å². The summed E-state index contributed by atoms with van der Waals surface area (Å²) in [7, 11) is 1.56. The van der Waals surface area contributed by atoms with Crippen molar-refractivity contribution in [2.45, 2.75) is 31.7 Å². The first-order valence-electron chi connectivity index (χ1n) is 4.67. The highest BCUT2D eigenvalue weighted by atomic mass is 16.2. The van der Waals surface area contributed by atoms with Gasteiger partial charge in [-0.15, -0.1) is 0 Å². The van der Waals surface area contributed by atoms with Crippen molar-refractivity contribution in [2.75, 3.05) is 13.6 Å². The number of carbonyl (C=O) groups is 2. The molecule has 2 fully saturated rings. The molecule has 1 unspecified atom stereocenters. The third-order valence-electron chi connectivity index (χ3n) is 3.17. The highest BCUT2D eigenvalue weighted by molar-refractivity contribution is 6.06. The molecule has 2 rings (SSSR count). The van der Waals surface area contributed by atoms with Gasteiger partial charge in [-0.25, -0.2) is 4.79 Å². The largest absolute Gasteiger partial charge is 0.327 e. The molecule has 2 aliphatic rings. The summed E-state index contributed by atoms with van der Waals surface area (Å²) in [6, 6.07) is -0.132. The second kappa shape index (κ2) is 2.47. The lowest BCUT2D eigenvalue weighted by molar-refractivity contribution is -0.132. The van der Waals surface area contributed by atoms with Crippen molar-refractivity contribution in [2.24, 2.45) is 0 Å². The molecule has 0 aromatic rings. The lowest BCUT2D eigenvalue weighted by atomic mass is 9.89. The Bertz CT molecular complexity index is 277. The molecule has 0 N–H and O–H groups in total. The summed E-state index contributed by atoms with van der Waals surface area (Å²) in [5.41, 5.74) is -0.538. The third kappa shape index (κ3) is 0.913. The summed E-state index contributed by atoms with van der Waals surface area (Å²) in [4.78, 5) is 26.3. The Kier molecular flexibility index (Phi) is 1.62. The molecule has 0 aromatic carbocycles. The number of imide groups is 1. The Balaban J connectivity index is 2.38. The molecule has 0 bridgehead atoms. The second-order valence-corrected chi connectivity index (χ2v) is 4.03. The standard InChI is InChI=1S/C9H14N2O2/c1-9-5-3-4-6-11(9)8(13)10(2)7(9)12/h3-6H2,1-2H3. The molecule has 4 nitrogen and oxygen atoms in total. The van der Waals surface area contributed by atoms with Crippen LogP contribution in [0.15, 0.2) is 0 Å². The van der Waals surface area contributed by atoms with E-state index in [0.29, 0.717) is 0 Å². The van der Waals surface area contributed by atoms with E-state index in [2.05, 4.69) is 0 Å². The molecule has 2 aliphatic heterocycles. The zero-order valence-corrected chi connectivity index (χ0v) is 8.04. The van der Waals surface area contributed by atoms with Gasteiger partial charge in [-0.2, -0.15) is 0 Å². The molecule has 0 spiro atoms. The summed E-state index contributed by atoms with van der Waals surface area (Å²) < 4.78 is 0. The average Bonchev–Trinajstić information content (AvgIpc) is 2.29. The first-order chi connectivity index (χ1) is 6.07. The SMILES string of the molecule is CN1C(=O)N2CCCCC2(C)C1=O. The van der Waals surface area contributed by atoms with Gasteiger partial charge < -0.3 is 4.90 Å². The molecule has 72 valence electrons. The second-order valence-electron chi connectivity index (χ2n) is 4.03. The Morgan fingerprint density at radius 3 is 2.62 bits per heavy atom. The number of rotatable bonds is 0. The van der Waals surface area contributed by atoms with Gasteiger partial charge in [0.1, 0.15) is 5.54 Å². The maximum Gasteiger partial charge on any atom is 0.327 e. The number of fused-ring (bicyclic) bond motifs is 1. The Morgan fingerprint density at radius 2 is 2.00 bits per heavy atom. The lowest BCUT2D eigenvalue weighted by Gasteiger charge is -2.35. The molecule has 13 heavy (non-hydrogen) atoms. The number of carbonyl (C=O) groups excluding carboxylic acids is 2. The highest BCUT2D eigenvalue weighted by Crippen LogP contribution is 2.35. The summed E-state index contributed by atoms with van der Waals surface area (Å²) in [6.07, 6.45) is 2.87. The van der Waals surface area contributed by atoms with Gasteiger partial charge in [0, 0.05) is 13.6 Å². The fourth-order valence-corrected chi connectivity index (χ4v) is 2.28. The number of likely N-dealkylation sites (N-methyl/N-ethyl adjacent to an activating group) is 1. The first-order valence-corrected chi connectivity index (χ1v) is 4.67. The van der Waals surface area contributed by atoms with Crippen molar-refractivity contribution < 1.29 is 9.59 Å². The van der Waals surface area contributed by atoms with Crippen molar-refractivity contribution in [3.63, 3.8) is 0 Å². The lowest BCUT2D eigenvalue weighted by Crippen LogP contribution is -2.49. The zero-order valence-electron chi connectivity index (χ0n) is 8.04. The highest BCUT2D eigenvalue weighted by Gasteiger charge is 2.53. The first kappa shape index (κ1) is 8.53. The van der Waals surface area contributed by atoms with Crippen LogP contribution >= 0.6 is 0 Å². The number of hydrogen-bond acceptors (Lipinski definition) is 2. The predicted molar refractivity (Wildman–Crippen MR) is 47.1 cm³/mol. The summed E-state index contributed by atoms with van der Waals surface area (Å²) in [6.45, 7) is 2.60. The molecular weight excluding hydrogens is 168 g/mol. The number of urea groups is 1. The van der Waals surface area contributed by atoms with Gasteiger partial charge in [0.05, 0.1) is 0 Å². The van der Waals surface area contributed by atoms with Gasteiger partial charge in [-0.1, -0.05) is 0 Å². The topological polar surface area (TPSA) is 40.6 Å². The number of amides is 3. The van der Waals surface area contributed by atoms with Crippen LogP contribution in [0.5, 0.6) is 0 Å². The van der Waals surface area contributed by atoms with Crippen LogP contribution in [0.25, 0.3) is 0 Å². The number of piperidine rings is 1. The van der Waals surface area contributed by atoms with Gasteiger partial charge in [-0.3, -0.25) is 9.69 Å². The summed E-state index contributed by atoms with van der Waals surface area (Å²) in [5.74, 6) is -0.0443. The van der Waals surface area contributed by atoms with E-state index in [0.717, 1.165) is 25.8 Å². The van der Waals surface area contributed by atoms with Gasteiger partial charge in [0.2, 0.25) is 0 Å². The minimum Gasteiger partial charge on any atom is -0.310 e. The van der Waals surface area contributed by atoms with E-state index in [1.807, 2.05) is 6.92 Å². The summed E-state index contributed by atoms with van der Waals surface area (Å²) >= 11 is 0. The van der Waals surface area contributed by atoms with Gasteiger partial charge in [-0.05, 0) is 26.2 Å². The Hall–Kier alpha value is -1.06. The average molecular weight is 182 g/mol. The van der Waals surface area contributed by atoms with Crippen molar-refractivity contribution in [1.29, 1.82) is 0 Å². The van der Waals surface area contributed by atoms with Crippen LogP contribution in [0.3, 0.4) is 0 Å². The van der Waals surface area contributed by atoms with Crippen LogP contribution in [0.4, 0.5) is 4.79 Å². The normalized spacial score (nSPS) is 34.0. The van der Waals surface area contributed by atoms with Crippen LogP contribution in [0, 0.1) is 0 Å². The minimum absolute atomic E-state index is 0.0443. The van der Waals surface area contributed by atoms with Gasteiger partial charge in [0.25, 0.3) is 5.91 Å². The van der Waals surface area contributed by atoms with E-state index in [-0.39, 0.29) is 11.9 Å². The Morgan fingerprint density at radius 1 is 1.31 bits per heavy atom. The van der Waals surface area contributed by atoms with Gasteiger partial charge in [0.15, 0.2) is 0 Å². The van der Waals surface area contributed by atoms with E-state index < -0.39 is 5.54 Å². The third-order valence-corrected chi connectivity index (χ3v) is 3.17.